The summed E-state index contributed by atoms with van der Waals surface area (Å²) in [6, 6.07) is 0. The minimum atomic E-state index is -0.290. The van der Waals surface area contributed by atoms with Crippen LogP contribution in [0.4, 0.5) is 5.95 Å². The van der Waals surface area contributed by atoms with Crippen LogP contribution in [-0.4, -0.2) is 27.0 Å². The number of imidazole rings is 1. The van der Waals surface area contributed by atoms with Crippen LogP contribution in [-0.2, 0) is 4.84 Å². The summed E-state index contributed by atoms with van der Waals surface area (Å²) in [6.07, 6.45) is 1.41. The Labute approximate surface area is 72.1 Å². The van der Waals surface area contributed by atoms with Crippen LogP contribution in [0.25, 0.3) is 11.2 Å². The number of nitrogens with one attached hydrogen (secondary N) is 3. The second kappa shape index (κ2) is 2.87. The lowest BCUT2D eigenvalue weighted by Crippen LogP contribution is -2.12. The fraction of sp³-hybridized carbons (Fsp3) is 0.167. The summed E-state index contributed by atoms with van der Waals surface area (Å²) >= 11 is 0. The summed E-state index contributed by atoms with van der Waals surface area (Å²) in [6.45, 7) is 0. The quantitative estimate of drug-likeness (QED) is 0.549. The Kier molecular flexibility index (Phi) is 1.71. The highest BCUT2D eigenvalue weighted by molar-refractivity contribution is 5.69. The van der Waals surface area contributed by atoms with Gasteiger partial charge in [-0.2, -0.15) is 4.98 Å². The van der Waals surface area contributed by atoms with Gasteiger partial charge in [0.1, 0.15) is 0 Å². The average molecular weight is 181 g/mol. The first-order chi connectivity index (χ1) is 6.31. The molecule has 2 rings (SSSR count). The third kappa shape index (κ3) is 1.25. The van der Waals surface area contributed by atoms with Gasteiger partial charge in [-0.3, -0.25) is 14.6 Å². The number of anilines is 1. The van der Waals surface area contributed by atoms with E-state index in [9.17, 15) is 4.79 Å². The van der Waals surface area contributed by atoms with E-state index in [-0.39, 0.29) is 11.5 Å². The second-order valence-corrected chi connectivity index (χ2v) is 2.32. The predicted molar refractivity (Wildman–Crippen MR) is 45.1 cm³/mol. The van der Waals surface area contributed by atoms with Crippen LogP contribution in [0.2, 0.25) is 0 Å². The zero-order valence-electron chi connectivity index (χ0n) is 6.79. The average Bonchev–Trinajstić information content (AvgIpc) is 2.53. The molecule has 2 aromatic rings. The Hall–Kier alpha value is -1.89. The number of nitrogens with zero attached hydrogens (tertiary/aromatic N) is 2. The zero-order chi connectivity index (χ0) is 9.26. The van der Waals surface area contributed by atoms with E-state index in [1.807, 2.05) is 0 Å². The molecular weight excluding hydrogens is 174 g/mol. The highest BCUT2D eigenvalue weighted by Crippen LogP contribution is 2.01. The minimum absolute atomic E-state index is 0.229. The molecule has 0 aromatic carbocycles. The van der Waals surface area contributed by atoms with Crippen molar-refractivity contribution in [2.75, 3.05) is 12.6 Å². The molecule has 2 heterocycles. The maximum atomic E-state index is 11.3. The van der Waals surface area contributed by atoms with Crippen molar-refractivity contribution in [3.05, 3.63) is 16.7 Å². The topological polar surface area (TPSA) is 95.7 Å². The maximum Gasteiger partial charge on any atom is 0.278 e. The van der Waals surface area contributed by atoms with Crippen LogP contribution in [0.5, 0.6) is 0 Å². The van der Waals surface area contributed by atoms with Gasteiger partial charge in [0.25, 0.3) is 5.56 Å². The van der Waals surface area contributed by atoms with Crippen molar-refractivity contribution >= 4 is 17.1 Å². The molecule has 7 heteroatoms. The summed E-state index contributed by atoms with van der Waals surface area (Å²) in [5, 5.41) is 0. The molecule has 0 saturated carbocycles. The molecule has 13 heavy (non-hydrogen) atoms. The van der Waals surface area contributed by atoms with Crippen LogP contribution < -0.4 is 11.0 Å². The monoisotopic (exact) mass is 181 g/mol. The Morgan fingerprint density at radius 3 is 3.23 bits per heavy atom. The molecule has 7 nitrogen and oxygen atoms in total. The highest BCUT2D eigenvalue weighted by atomic mass is 16.6. The first kappa shape index (κ1) is 7.74. The van der Waals surface area contributed by atoms with E-state index >= 15 is 0 Å². The highest BCUT2D eigenvalue weighted by Gasteiger charge is 2.04. The molecule has 0 unspecified atom stereocenters. The lowest BCUT2D eigenvalue weighted by Gasteiger charge is -1.99. The number of H-pyrrole nitrogens is 2. The van der Waals surface area contributed by atoms with Gasteiger partial charge < -0.3 is 4.98 Å². The van der Waals surface area contributed by atoms with Gasteiger partial charge in [0.05, 0.1) is 13.4 Å². The minimum Gasteiger partial charge on any atom is -0.339 e. The normalized spacial score (nSPS) is 10.5. The lowest BCUT2D eigenvalue weighted by molar-refractivity contribution is 0.267. The Balaban J connectivity index is 2.63. The van der Waals surface area contributed by atoms with Crippen LogP contribution in [0.1, 0.15) is 0 Å². The van der Waals surface area contributed by atoms with E-state index in [0.29, 0.717) is 11.2 Å². The van der Waals surface area contributed by atoms with Crippen molar-refractivity contribution < 1.29 is 4.84 Å². The first-order valence-corrected chi connectivity index (χ1v) is 3.53. The molecule has 68 valence electrons. The molecule has 0 aliphatic carbocycles. The molecule has 0 bridgehead atoms. The SMILES string of the molecule is CONc1nc2nc[nH]c2c(=O)[nH]1. The van der Waals surface area contributed by atoms with Crippen molar-refractivity contribution in [3.8, 4) is 0 Å². The van der Waals surface area contributed by atoms with Gasteiger partial charge in [-0.25, -0.2) is 10.5 Å². The number of fused-ring (bicyclic) bond motifs is 1. The van der Waals surface area contributed by atoms with Crippen molar-refractivity contribution in [2.24, 2.45) is 0 Å². The van der Waals surface area contributed by atoms with Crippen molar-refractivity contribution in [1.82, 2.24) is 19.9 Å². The van der Waals surface area contributed by atoms with Crippen LogP contribution >= 0.6 is 0 Å². The Morgan fingerprint density at radius 2 is 2.46 bits per heavy atom. The standard InChI is InChI=1S/C6H7N5O2/c1-13-11-6-9-4-3(5(12)10-6)7-2-8-4/h2H,1H3,(H3,7,8,9,10,11,12). The summed E-state index contributed by atoms with van der Waals surface area (Å²) in [5.74, 6) is 0.229. The van der Waals surface area contributed by atoms with Gasteiger partial charge in [0.15, 0.2) is 11.2 Å². The largest absolute Gasteiger partial charge is 0.339 e. The number of aromatic nitrogens is 4. The van der Waals surface area contributed by atoms with Gasteiger partial charge in [-0.1, -0.05) is 0 Å². The van der Waals surface area contributed by atoms with Crippen molar-refractivity contribution in [2.45, 2.75) is 0 Å². The smallest absolute Gasteiger partial charge is 0.278 e. The number of rotatable bonds is 2. The molecule has 3 N–H and O–H groups in total. The van der Waals surface area contributed by atoms with E-state index < -0.39 is 0 Å². The molecular formula is C6H7N5O2. The van der Waals surface area contributed by atoms with Gasteiger partial charge in [-0.15, -0.1) is 0 Å². The molecule has 0 atom stereocenters. The van der Waals surface area contributed by atoms with E-state index in [4.69, 9.17) is 0 Å². The summed E-state index contributed by atoms with van der Waals surface area (Å²) in [7, 11) is 1.43. The Bertz CT molecular complexity index is 473. The molecule has 0 radical (unpaired) electrons. The fourth-order valence-corrected chi connectivity index (χ4v) is 0.988. The summed E-state index contributed by atoms with van der Waals surface area (Å²) < 4.78 is 0. The summed E-state index contributed by atoms with van der Waals surface area (Å²) in [5.41, 5.74) is 2.82. The van der Waals surface area contributed by atoms with Crippen LogP contribution in [0.3, 0.4) is 0 Å². The third-order valence-corrected chi connectivity index (χ3v) is 1.49. The fourth-order valence-electron chi connectivity index (χ4n) is 0.988. The van der Waals surface area contributed by atoms with Gasteiger partial charge >= 0.3 is 0 Å². The molecule has 2 aromatic heterocycles. The van der Waals surface area contributed by atoms with E-state index in [2.05, 4.69) is 30.3 Å². The van der Waals surface area contributed by atoms with Gasteiger partial charge in [0, 0.05) is 0 Å². The van der Waals surface area contributed by atoms with Gasteiger partial charge in [0.2, 0.25) is 5.95 Å². The third-order valence-electron chi connectivity index (χ3n) is 1.49. The van der Waals surface area contributed by atoms with Gasteiger partial charge in [-0.05, 0) is 0 Å². The molecule has 0 aliphatic rings. The van der Waals surface area contributed by atoms with E-state index in [1.54, 1.807) is 0 Å². The molecule has 0 saturated heterocycles. The van der Waals surface area contributed by atoms with Crippen molar-refractivity contribution in [1.29, 1.82) is 0 Å². The number of hydrogen-bond donors (Lipinski definition) is 3. The molecule has 0 spiro atoms. The molecule has 0 amide bonds. The first-order valence-electron chi connectivity index (χ1n) is 3.53. The van der Waals surface area contributed by atoms with E-state index in [0.717, 1.165) is 0 Å². The number of hydrogen-bond acceptors (Lipinski definition) is 5. The predicted octanol–water partition coefficient (Wildman–Crippen LogP) is -0.381. The molecule has 0 aliphatic heterocycles. The van der Waals surface area contributed by atoms with Crippen LogP contribution in [0.15, 0.2) is 11.1 Å². The molecule has 0 fully saturated rings. The summed E-state index contributed by atoms with van der Waals surface area (Å²) in [4.78, 5) is 28.8. The maximum absolute atomic E-state index is 11.3. The second-order valence-electron chi connectivity index (χ2n) is 2.32. The van der Waals surface area contributed by atoms with E-state index in [1.165, 1.54) is 13.4 Å². The number of aromatic amines is 2. The Morgan fingerprint density at radius 1 is 1.62 bits per heavy atom. The zero-order valence-corrected chi connectivity index (χ0v) is 6.79. The van der Waals surface area contributed by atoms with Crippen molar-refractivity contribution in [3.63, 3.8) is 0 Å². The van der Waals surface area contributed by atoms with Crippen LogP contribution in [0, 0.1) is 0 Å². The lowest BCUT2D eigenvalue weighted by atomic mass is 10.5.